The van der Waals surface area contributed by atoms with Crippen LogP contribution in [0.3, 0.4) is 0 Å². The predicted octanol–water partition coefficient (Wildman–Crippen LogP) is 2.01. The highest BCUT2D eigenvalue weighted by molar-refractivity contribution is 6.19. The summed E-state index contributed by atoms with van der Waals surface area (Å²) in [4.78, 5) is 27.6. The lowest BCUT2D eigenvalue weighted by Crippen LogP contribution is -2.19. The summed E-state index contributed by atoms with van der Waals surface area (Å²) < 4.78 is 4.64. The molecule has 3 rings (SSSR count). The van der Waals surface area contributed by atoms with Crippen LogP contribution in [0.15, 0.2) is 53.9 Å². The smallest absolute Gasteiger partial charge is 0.337 e. The molecule has 6 heteroatoms. The number of ether oxygens (including phenoxy) is 1. The van der Waals surface area contributed by atoms with Crippen LogP contribution < -0.4 is 5.01 Å². The van der Waals surface area contributed by atoms with Crippen LogP contribution in [-0.4, -0.2) is 29.7 Å². The van der Waals surface area contributed by atoms with Crippen molar-refractivity contribution >= 4 is 23.3 Å². The highest BCUT2D eigenvalue weighted by Gasteiger charge is 2.26. The van der Waals surface area contributed by atoms with Gasteiger partial charge in [-0.25, -0.2) is 9.80 Å². The quantitative estimate of drug-likeness (QED) is 0.812. The third kappa shape index (κ3) is 2.58. The van der Waals surface area contributed by atoms with Crippen LogP contribution in [0.5, 0.6) is 0 Å². The van der Waals surface area contributed by atoms with E-state index in [1.807, 2.05) is 6.07 Å². The van der Waals surface area contributed by atoms with Crippen LogP contribution in [0.2, 0.25) is 0 Å². The Balaban J connectivity index is 1.87. The Hall–Kier alpha value is -3.02. The lowest BCUT2D eigenvalue weighted by molar-refractivity contribution is -0.116. The SMILES string of the molecule is COC(=O)c1ccc(N2N=C(c3cccnc3)CC2=O)cc1. The first-order chi connectivity index (χ1) is 10.7. The number of carbonyl (C=O) groups excluding carboxylic acids is 2. The number of methoxy groups -OCH3 is 1. The first kappa shape index (κ1) is 13.9. The molecule has 1 aromatic carbocycles. The standard InChI is InChI=1S/C16H13N3O3/c1-22-16(21)11-4-6-13(7-5-11)19-15(20)9-14(18-19)12-3-2-8-17-10-12/h2-8,10H,9H2,1H3. The monoisotopic (exact) mass is 295 g/mol. The van der Waals surface area contributed by atoms with Crippen LogP contribution in [0, 0.1) is 0 Å². The minimum absolute atomic E-state index is 0.121. The van der Waals surface area contributed by atoms with Crippen LogP contribution in [0.25, 0.3) is 0 Å². The van der Waals surface area contributed by atoms with Gasteiger partial charge in [0.2, 0.25) is 0 Å². The summed E-state index contributed by atoms with van der Waals surface area (Å²) in [7, 11) is 1.32. The Labute approximate surface area is 127 Å². The van der Waals surface area contributed by atoms with E-state index in [1.54, 1.807) is 42.7 Å². The minimum Gasteiger partial charge on any atom is -0.465 e. The fourth-order valence-corrected chi connectivity index (χ4v) is 2.18. The van der Waals surface area contributed by atoms with Crippen molar-refractivity contribution in [3.8, 4) is 0 Å². The number of carbonyl (C=O) groups is 2. The average Bonchev–Trinajstić information content (AvgIpc) is 2.97. The first-order valence-electron chi connectivity index (χ1n) is 6.68. The van der Waals surface area contributed by atoms with Crippen LogP contribution in [-0.2, 0) is 9.53 Å². The molecular weight excluding hydrogens is 282 g/mol. The topological polar surface area (TPSA) is 71.9 Å². The van der Waals surface area contributed by atoms with Crippen molar-refractivity contribution in [2.75, 3.05) is 12.1 Å². The van der Waals surface area contributed by atoms with Crippen molar-refractivity contribution in [2.24, 2.45) is 5.10 Å². The summed E-state index contributed by atoms with van der Waals surface area (Å²) >= 11 is 0. The predicted molar refractivity (Wildman–Crippen MR) is 80.7 cm³/mol. The Bertz CT molecular complexity index is 739. The van der Waals surface area contributed by atoms with Gasteiger partial charge in [0.05, 0.1) is 30.5 Å². The van der Waals surface area contributed by atoms with Crippen molar-refractivity contribution in [2.45, 2.75) is 6.42 Å². The molecule has 110 valence electrons. The molecule has 1 aliphatic rings. The van der Waals surface area contributed by atoms with Gasteiger partial charge in [-0.2, -0.15) is 5.10 Å². The van der Waals surface area contributed by atoms with Gasteiger partial charge in [0.25, 0.3) is 5.91 Å². The average molecular weight is 295 g/mol. The number of hydrogen-bond acceptors (Lipinski definition) is 5. The number of hydrazone groups is 1. The summed E-state index contributed by atoms with van der Waals surface area (Å²) in [5.74, 6) is -0.538. The van der Waals surface area contributed by atoms with Gasteiger partial charge >= 0.3 is 5.97 Å². The molecule has 0 N–H and O–H groups in total. The van der Waals surface area contributed by atoms with Gasteiger partial charge in [0.15, 0.2) is 0 Å². The molecule has 22 heavy (non-hydrogen) atoms. The second-order valence-electron chi connectivity index (χ2n) is 4.71. The zero-order chi connectivity index (χ0) is 15.5. The van der Waals surface area contributed by atoms with E-state index >= 15 is 0 Å². The molecule has 0 saturated carbocycles. The number of amides is 1. The van der Waals surface area contributed by atoms with Gasteiger partial charge < -0.3 is 4.74 Å². The van der Waals surface area contributed by atoms with Crippen molar-refractivity contribution in [3.05, 3.63) is 59.9 Å². The molecule has 0 radical (unpaired) electrons. The van der Waals surface area contributed by atoms with Gasteiger partial charge in [-0.15, -0.1) is 0 Å². The van der Waals surface area contributed by atoms with E-state index in [0.717, 1.165) is 5.56 Å². The third-order valence-corrected chi connectivity index (χ3v) is 3.30. The Morgan fingerprint density at radius 1 is 1.23 bits per heavy atom. The molecule has 1 aromatic heterocycles. The molecule has 0 atom stereocenters. The van der Waals surface area contributed by atoms with E-state index in [-0.39, 0.29) is 12.3 Å². The maximum absolute atomic E-state index is 12.1. The summed E-state index contributed by atoms with van der Waals surface area (Å²) in [5, 5.41) is 5.69. The van der Waals surface area contributed by atoms with Crippen LogP contribution >= 0.6 is 0 Å². The molecule has 1 amide bonds. The van der Waals surface area contributed by atoms with Crippen molar-refractivity contribution in [1.82, 2.24) is 4.98 Å². The van der Waals surface area contributed by atoms with Crippen LogP contribution in [0.4, 0.5) is 5.69 Å². The molecule has 0 fully saturated rings. The first-order valence-corrected chi connectivity index (χ1v) is 6.68. The summed E-state index contributed by atoms with van der Waals surface area (Å²) in [6.07, 6.45) is 3.57. The molecule has 0 bridgehead atoms. The van der Waals surface area contributed by atoms with Gasteiger partial charge in [-0.1, -0.05) is 0 Å². The van der Waals surface area contributed by atoms with E-state index in [0.29, 0.717) is 17.0 Å². The van der Waals surface area contributed by atoms with E-state index in [9.17, 15) is 9.59 Å². The lowest BCUT2D eigenvalue weighted by atomic mass is 10.1. The van der Waals surface area contributed by atoms with Crippen molar-refractivity contribution < 1.29 is 14.3 Å². The summed E-state index contributed by atoms with van der Waals surface area (Å²) in [6.45, 7) is 0. The van der Waals surface area contributed by atoms with Gasteiger partial charge in [-0.05, 0) is 36.4 Å². The molecular formula is C16H13N3O3. The zero-order valence-electron chi connectivity index (χ0n) is 11.9. The number of anilines is 1. The number of rotatable bonds is 3. The molecule has 0 aliphatic carbocycles. The molecule has 6 nitrogen and oxygen atoms in total. The molecule has 0 unspecified atom stereocenters. The highest BCUT2D eigenvalue weighted by Crippen LogP contribution is 2.23. The van der Waals surface area contributed by atoms with Gasteiger partial charge in [0, 0.05) is 18.0 Å². The second-order valence-corrected chi connectivity index (χ2v) is 4.71. The van der Waals surface area contributed by atoms with E-state index in [2.05, 4.69) is 14.8 Å². The minimum atomic E-state index is -0.418. The summed E-state index contributed by atoms with van der Waals surface area (Å²) in [5.41, 5.74) is 2.53. The highest BCUT2D eigenvalue weighted by atomic mass is 16.5. The summed E-state index contributed by atoms with van der Waals surface area (Å²) in [6, 6.07) is 10.2. The lowest BCUT2D eigenvalue weighted by Gasteiger charge is -2.11. The fraction of sp³-hybridized carbons (Fsp3) is 0.125. The Morgan fingerprint density at radius 3 is 2.64 bits per heavy atom. The molecule has 1 aliphatic heterocycles. The molecule has 2 aromatic rings. The Kier molecular flexibility index (Phi) is 3.65. The number of pyridine rings is 1. The fourth-order valence-electron chi connectivity index (χ4n) is 2.18. The van der Waals surface area contributed by atoms with Crippen molar-refractivity contribution in [3.63, 3.8) is 0 Å². The molecule has 0 saturated heterocycles. The van der Waals surface area contributed by atoms with Crippen LogP contribution in [0.1, 0.15) is 22.3 Å². The molecule has 2 heterocycles. The number of hydrogen-bond donors (Lipinski definition) is 0. The third-order valence-electron chi connectivity index (χ3n) is 3.30. The number of aromatic nitrogens is 1. The van der Waals surface area contributed by atoms with E-state index in [4.69, 9.17) is 0 Å². The van der Waals surface area contributed by atoms with E-state index < -0.39 is 5.97 Å². The largest absolute Gasteiger partial charge is 0.465 e. The normalized spacial score (nSPS) is 14.0. The maximum Gasteiger partial charge on any atom is 0.337 e. The maximum atomic E-state index is 12.1. The number of nitrogens with zero attached hydrogens (tertiary/aromatic N) is 3. The number of esters is 1. The van der Waals surface area contributed by atoms with Gasteiger partial charge in [-0.3, -0.25) is 9.78 Å². The second kappa shape index (κ2) is 5.77. The molecule has 0 spiro atoms. The number of benzene rings is 1. The van der Waals surface area contributed by atoms with Crippen molar-refractivity contribution in [1.29, 1.82) is 0 Å². The van der Waals surface area contributed by atoms with E-state index in [1.165, 1.54) is 12.1 Å². The zero-order valence-corrected chi connectivity index (χ0v) is 11.9. The Morgan fingerprint density at radius 2 is 2.00 bits per heavy atom. The van der Waals surface area contributed by atoms with Gasteiger partial charge in [0.1, 0.15) is 0 Å².